The molecule has 86 heavy (non-hydrogen) atoms. The zero-order chi connectivity index (χ0) is 61.6. The van der Waals surface area contributed by atoms with Crippen LogP contribution in [0.2, 0.25) is 0 Å². The van der Waals surface area contributed by atoms with E-state index in [2.05, 4.69) is 117 Å². The lowest BCUT2D eigenvalue weighted by Crippen LogP contribution is -2.28. The van der Waals surface area contributed by atoms with Gasteiger partial charge in [0.15, 0.2) is 0 Å². The number of fused-ring (bicyclic) bond motifs is 3. The van der Waals surface area contributed by atoms with E-state index in [1.54, 1.807) is 0 Å². The van der Waals surface area contributed by atoms with Crippen LogP contribution in [-0.2, 0) is 52.3 Å². The van der Waals surface area contributed by atoms with Crippen LogP contribution >= 0.6 is 0 Å². The van der Waals surface area contributed by atoms with Crippen molar-refractivity contribution in [3.8, 4) is 50.9 Å². The van der Waals surface area contributed by atoms with Gasteiger partial charge in [0.2, 0.25) is 5.88 Å². The van der Waals surface area contributed by atoms with Crippen LogP contribution < -0.4 is 14.2 Å². The number of aromatic nitrogens is 13. The van der Waals surface area contributed by atoms with Gasteiger partial charge < -0.3 is 18.9 Å². The highest BCUT2D eigenvalue weighted by molar-refractivity contribution is 5.94. The number of nitrogens with zero attached hydrogens (tertiary/aromatic N) is 13. The summed E-state index contributed by atoms with van der Waals surface area (Å²) in [5, 5.41) is 30.4. The molecule has 456 valence electrons. The monoisotopic (exact) mass is 1170 g/mol. The average Bonchev–Trinajstić information content (AvgIpc) is 1.75. The highest BCUT2D eigenvalue weighted by Gasteiger charge is 2.33. The zero-order valence-corrected chi connectivity index (χ0v) is 53.0. The number of pyridine rings is 1. The fourth-order valence-corrected chi connectivity index (χ4v) is 11.7. The first kappa shape index (κ1) is 60.9. The van der Waals surface area contributed by atoms with E-state index in [-0.39, 0.29) is 47.8 Å². The Kier molecular flexibility index (Phi) is 17.5. The Morgan fingerprint density at radius 2 is 1.08 bits per heavy atom. The molecule has 3 fully saturated rings. The SMILES string of the molecule is Cc1c2c(O[C@H](C)[C@H]3CCC(=O)C3)cc(-c3cnn(CC(C)C)c3)cc2nn1C.Cc1c2c(O[C@H](C)[C@H]3CCC(=O)C3)nc(-c3cnn(C(C)(C)C)c3)cc2nn1C.Cc1c2c(O[C@H](C)[C@H]3CCC(=O)O3)cc(-c3cnn(C(C)C)c3)cc2nn1C. The molecule has 0 radical (unpaired) electrons. The number of ketones is 2. The zero-order valence-electron chi connectivity index (χ0n) is 53.0. The molecule has 20 heteroatoms. The van der Waals surface area contributed by atoms with Crippen molar-refractivity contribution < 1.29 is 33.3 Å². The number of ether oxygens (including phenoxy) is 4. The van der Waals surface area contributed by atoms with Crippen LogP contribution in [0.25, 0.3) is 66.2 Å². The van der Waals surface area contributed by atoms with Gasteiger partial charge in [0.1, 0.15) is 46.9 Å². The van der Waals surface area contributed by atoms with E-state index < -0.39 is 0 Å². The van der Waals surface area contributed by atoms with E-state index in [1.807, 2.05) is 120 Å². The summed E-state index contributed by atoms with van der Waals surface area (Å²) in [5.74, 6) is 3.76. The third-order valence-corrected chi connectivity index (χ3v) is 17.2. The molecule has 12 rings (SSSR count). The van der Waals surface area contributed by atoms with Crippen molar-refractivity contribution in [2.75, 3.05) is 0 Å². The molecule has 2 aromatic carbocycles. The maximum absolute atomic E-state index is 11.7. The van der Waals surface area contributed by atoms with Crippen molar-refractivity contribution in [2.24, 2.45) is 38.9 Å². The van der Waals surface area contributed by atoms with E-state index in [4.69, 9.17) is 23.9 Å². The lowest BCUT2D eigenvalue weighted by Gasteiger charge is -2.21. The van der Waals surface area contributed by atoms with Crippen molar-refractivity contribution in [3.63, 3.8) is 0 Å². The molecule has 2 aliphatic carbocycles. The topological polar surface area (TPSA) is 208 Å². The quantitative estimate of drug-likeness (QED) is 0.0875. The fraction of sp³-hybridized carbons (Fsp3) is 0.515. The minimum Gasteiger partial charge on any atom is -0.490 e. The number of carbonyl (C=O) groups is 3. The Bertz CT molecular complexity index is 3960. The van der Waals surface area contributed by atoms with Gasteiger partial charge >= 0.3 is 5.97 Å². The van der Waals surface area contributed by atoms with Crippen molar-refractivity contribution in [1.29, 1.82) is 0 Å². The highest BCUT2D eigenvalue weighted by Crippen LogP contribution is 2.40. The van der Waals surface area contributed by atoms with Gasteiger partial charge in [0.25, 0.3) is 0 Å². The van der Waals surface area contributed by atoms with Crippen LogP contribution in [-0.4, -0.2) is 106 Å². The second-order valence-electron chi connectivity index (χ2n) is 25.7. The third kappa shape index (κ3) is 13.1. The standard InChI is InChI=1S/C23H30N4O2.C22H29N5O2.C21H26N4O3/c1-14(2)12-27-13-19(11-24-27)18-9-21-23(15(3)26(5)25-21)22(10-18)29-16(4)17-6-7-20(28)8-17;1-13-20-19(25-26(13)6)10-18(16-11-23-27(12-16)22(3,4)5)24-21(20)29-14(2)15-7-8-17(28)9-15;1-12(2)25-11-16(10-22-25)15-8-17-21(13(3)24(5)23-17)19(9-15)27-14(4)18-6-7-20(26)28-18/h9-11,13-14,16-17H,6-8,12H2,1-5H3;10-12,14-15H,7-9H2,1-6H3;8-12,14,18H,6-7H2,1-5H3/t16-,17+;14-,15+;14-,18-/m111/s1. The molecule has 0 N–H and O–H groups in total. The van der Waals surface area contributed by atoms with Crippen LogP contribution in [0.4, 0.5) is 0 Å². The number of cyclic esters (lactones) is 1. The normalized spacial score (nSPS) is 18.3. The predicted molar refractivity (Wildman–Crippen MR) is 332 cm³/mol. The molecule has 6 atom stereocenters. The van der Waals surface area contributed by atoms with Gasteiger partial charge in [-0.1, -0.05) is 13.8 Å². The predicted octanol–water partition coefficient (Wildman–Crippen LogP) is 12.4. The number of aryl methyl sites for hydroxylation is 6. The van der Waals surface area contributed by atoms with Crippen LogP contribution in [0, 0.1) is 38.5 Å². The van der Waals surface area contributed by atoms with Gasteiger partial charge in [0.05, 0.1) is 63.1 Å². The van der Waals surface area contributed by atoms with Crippen LogP contribution in [0.15, 0.2) is 67.5 Å². The maximum atomic E-state index is 11.7. The smallest absolute Gasteiger partial charge is 0.306 e. The number of hydrogen-bond acceptors (Lipinski definition) is 14. The Hall–Kier alpha value is -8.16. The van der Waals surface area contributed by atoms with Gasteiger partial charge in [-0.2, -0.15) is 30.6 Å². The summed E-state index contributed by atoms with van der Waals surface area (Å²) in [4.78, 5) is 39.8. The van der Waals surface area contributed by atoms with Crippen molar-refractivity contribution >= 4 is 50.2 Å². The first-order chi connectivity index (χ1) is 40.8. The fourth-order valence-electron chi connectivity index (χ4n) is 11.7. The second kappa shape index (κ2) is 24.7. The summed E-state index contributed by atoms with van der Waals surface area (Å²) in [7, 11) is 5.81. The summed E-state index contributed by atoms with van der Waals surface area (Å²) in [6.45, 7) is 28.0. The molecule has 0 amide bonds. The molecule has 0 bridgehead atoms. The number of rotatable bonds is 15. The Balaban J connectivity index is 0.000000143. The molecule has 3 aliphatic rings. The summed E-state index contributed by atoms with van der Waals surface area (Å²) >= 11 is 0. The van der Waals surface area contributed by atoms with Gasteiger partial charge in [-0.15, -0.1) is 0 Å². The Morgan fingerprint density at radius 3 is 1.57 bits per heavy atom. The lowest BCUT2D eigenvalue weighted by atomic mass is 10.0. The van der Waals surface area contributed by atoms with Crippen LogP contribution in [0.3, 0.4) is 0 Å². The molecule has 1 aliphatic heterocycles. The summed E-state index contributed by atoms with van der Waals surface area (Å²) in [6.07, 6.45) is 16.7. The first-order valence-corrected chi connectivity index (χ1v) is 30.4. The first-order valence-electron chi connectivity index (χ1n) is 30.4. The summed E-state index contributed by atoms with van der Waals surface area (Å²) in [5.41, 5.74) is 11.5. The maximum Gasteiger partial charge on any atom is 0.306 e. The molecular weight excluding hydrogens is 1090 g/mol. The number of Topliss-reactive ketones (excluding diaryl/α,β-unsaturated/α-hetero) is 2. The minimum absolute atomic E-state index is 0.0110. The Morgan fingerprint density at radius 1 is 0.570 bits per heavy atom. The van der Waals surface area contributed by atoms with Gasteiger partial charge in [-0.05, 0) is 143 Å². The summed E-state index contributed by atoms with van der Waals surface area (Å²) in [6, 6.07) is 10.6. The van der Waals surface area contributed by atoms with E-state index in [1.165, 1.54) is 0 Å². The van der Waals surface area contributed by atoms with Crippen LogP contribution in [0.1, 0.15) is 144 Å². The second-order valence-corrected chi connectivity index (χ2v) is 25.7. The van der Waals surface area contributed by atoms with Gasteiger partial charge in [-0.25, -0.2) is 4.98 Å². The van der Waals surface area contributed by atoms with E-state index in [9.17, 15) is 14.4 Å². The molecule has 0 unspecified atom stereocenters. The van der Waals surface area contributed by atoms with Crippen molar-refractivity contribution in [2.45, 2.75) is 184 Å². The number of hydrogen-bond donors (Lipinski definition) is 0. The van der Waals surface area contributed by atoms with Gasteiger partial charge in [-0.3, -0.25) is 42.5 Å². The molecule has 0 spiro atoms. The highest BCUT2D eigenvalue weighted by atomic mass is 16.6. The van der Waals surface area contributed by atoms with E-state index >= 15 is 0 Å². The third-order valence-electron chi connectivity index (χ3n) is 17.2. The lowest BCUT2D eigenvalue weighted by molar-refractivity contribution is -0.144. The number of esters is 1. The average molecular weight is 1170 g/mol. The number of carbonyl (C=O) groups excluding carboxylic acids is 3. The molecule has 9 aromatic rings. The van der Waals surface area contributed by atoms with Crippen molar-refractivity contribution in [1.82, 2.24) is 63.7 Å². The molecular formula is C66H85N13O7. The molecule has 2 saturated carbocycles. The molecule has 8 heterocycles. The van der Waals surface area contributed by atoms with E-state index in [0.29, 0.717) is 67.9 Å². The van der Waals surface area contributed by atoms with Crippen molar-refractivity contribution in [3.05, 3.63) is 84.6 Å². The van der Waals surface area contributed by atoms with Gasteiger partial charge in [0, 0.05) is 130 Å². The molecule has 1 saturated heterocycles. The molecule has 20 nitrogen and oxygen atoms in total. The Labute approximate surface area is 503 Å². The summed E-state index contributed by atoms with van der Waals surface area (Å²) < 4.78 is 36.0. The number of benzene rings is 2. The molecule has 7 aromatic heterocycles. The largest absolute Gasteiger partial charge is 0.490 e. The van der Waals surface area contributed by atoms with E-state index in [0.717, 1.165) is 114 Å². The van der Waals surface area contributed by atoms with Crippen LogP contribution in [0.5, 0.6) is 17.4 Å². The minimum atomic E-state index is -0.233.